The SMILES string of the molecule is CCOC(=O)[C@@H]1[C@H]2C(=O)N([C@@H](CO)Cc3ccccc3)C(C(=O)NC3CCCCC3)C23CC[C@@]1(CC)O3. The van der Waals surface area contributed by atoms with Crippen molar-refractivity contribution < 1.29 is 29.0 Å². The molecule has 2 bridgehead atoms. The molecule has 6 atom stereocenters. The van der Waals surface area contributed by atoms with Crippen LogP contribution in [-0.4, -0.2) is 70.3 Å². The molecule has 3 saturated heterocycles. The third-order valence-corrected chi connectivity index (χ3v) is 9.28. The van der Waals surface area contributed by atoms with Crippen molar-refractivity contribution in [2.24, 2.45) is 11.8 Å². The molecule has 0 radical (unpaired) electrons. The second-order valence-corrected chi connectivity index (χ2v) is 11.2. The molecule has 2 N–H and O–H groups in total. The highest BCUT2D eigenvalue weighted by Gasteiger charge is 2.79. The third kappa shape index (κ3) is 4.26. The number of nitrogens with zero attached hydrogens (tertiary/aromatic N) is 1. The van der Waals surface area contributed by atoms with E-state index in [1.165, 1.54) is 6.42 Å². The molecule has 8 nitrogen and oxygen atoms in total. The van der Waals surface area contributed by atoms with Gasteiger partial charge >= 0.3 is 5.97 Å². The summed E-state index contributed by atoms with van der Waals surface area (Å²) in [6.07, 6.45) is 7.23. The molecule has 2 amide bonds. The van der Waals surface area contributed by atoms with Crippen molar-refractivity contribution in [2.45, 2.75) is 101 Å². The van der Waals surface area contributed by atoms with E-state index in [-0.39, 0.29) is 31.1 Å². The van der Waals surface area contributed by atoms with Crippen molar-refractivity contribution in [2.75, 3.05) is 13.2 Å². The molecule has 0 aromatic heterocycles. The molecule has 1 saturated carbocycles. The summed E-state index contributed by atoms with van der Waals surface area (Å²) in [7, 11) is 0. The molecule has 3 aliphatic heterocycles. The molecule has 4 aliphatic rings. The third-order valence-electron chi connectivity index (χ3n) is 9.28. The molecule has 5 rings (SSSR count). The van der Waals surface area contributed by atoms with Crippen molar-refractivity contribution in [3.05, 3.63) is 35.9 Å². The number of carbonyl (C=O) groups is 3. The van der Waals surface area contributed by atoms with E-state index in [9.17, 15) is 19.5 Å². The van der Waals surface area contributed by atoms with E-state index in [1.54, 1.807) is 11.8 Å². The number of nitrogens with one attached hydrogen (secondary N) is 1. The van der Waals surface area contributed by atoms with Crippen LogP contribution < -0.4 is 5.32 Å². The van der Waals surface area contributed by atoms with Gasteiger partial charge in [0, 0.05) is 6.04 Å². The van der Waals surface area contributed by atoms with Gasteiger partial charge in [-0.15, -0.1) is 0 Å². The van der Waals surface area contributed by atoms with Gasteiger partial charge in [0.2, 0.25) is 11.8 Å². The van der Waals surface area contributed by atoms with Gasteiger partial charge in [0.1, 0.15) is 17.6 Å². The van der Waals surface area contributed by atoms with Crippen LogP contribution in [0.3, 0.4) is 0 Å². The Balaban J connectivity index is 1.54. The lowest BCUT2D eigenvalue weighted by Crippen LogP contribution is -2.59. The molecular weight excluding hydrogens is 472 g/mol. The Labute approximate surface area is 219 Å². The summed E-state index contributed by atoms with van der Waals surface area (Å²) in [6.45, 7) is 3.65. The van der Waals surface area contributed by atoms with Gasteiger partial charge in [-0.3, -0.25) is 14.4 Å². The average Bonchev–Trinajstić information content (AvgIpc) is 3.52. The Kier molecular flexibility index (Phi) is 7.33. The summed E-state index contributed by atoms with van der Waals surface area (Å²) in [4.78, 5) is 43.2. The van der Waals surface area contributed by atoms with Crippen LogP contribution in [0.4, 0.5) is 0 Å². The summed E-state index contributed by atoms with van der Waals surface area (Å²) < 4.78 is 12.2. The zero-order chi connectivity index (χ0) is 26.2. The summed E-state index contributed by atoms with van der Waals surface area (Å²) in [6, 6.07) is 8.22. The van der Waals surface area contributed by atoms with E-state index in [0.717, 1.165) is 31.2 Å². The van der Waals surface area contributed by atoms with Crippen molar-refractivity contribution in [3.8, 4) is 0 Å². The zero-order valence-corrected chi connectivity index (χ0v) is 22.0. The lowest BCUT2D eigenvalue weighted by atomic mass is 9.65. The van der Waals surface area contributed by atoms with Gasteiger partial charge in [0.25, 0.3) is 0 Å². The van der Waals surface area contributed by atoms with Crippen molar-refractivity contribution >= 4 is 17.8 Å². The number of aliphatic hydroxyl groups excluding tert-OH is 1. The number of carbonyl (C=O) groups excluding carboxylic acids is 3. The monoisotopic (exact) mass is 512 g/mol. The van der Waals surface area contributed by atoms with Crippen LogP contribution in [0.1, 0.15) is 70.8 Å². The minimum Gasteiger partial charge on any atom is -0.466 e. The highest BCUT2D eigenvalue weighted by Crippen LogP contribution is 2.64. The van der Waals surface area contributed by atoms with E-state index < -0.39 is 41.1 Å². The van der Waals surface area contributed by atoms with Gasteiger partial charge in [-0.1, -0.05) is 56.5 Å². The van der Waals surface area contributed by atoms with Gasteiger partial charge in [0.15, 0.2) is 0 Å². The standard InChI is InChI=1S/C29H40N2O6/c1-3-28-15-16-29(37-28)22(23(28)27(35)36-4-2)26(34)31(21(18-32)17-19-11-7-5-8-12-19)24(29)25(33)30-20-13-9-6-10-14-20/h5,7-8,11-12,20-24,32H,3-4,6,9-10,13-18H2,1-2H3,(H,30,33)/t21-,22+,23+,24?,28-,29?/m1/s1. The first-order valence-corrected chi connectivity index (χ1v) is 14.0. The highest BCUT2D eigenvalue weighted by atomic mass is 16.6. The molecule has 37 heavy (non-hydrogen) atoms. The molecule has 3 heterocycles. The molecule has 1 aromatic rings. The maximum atomic E-state index is 14.3. The van der Waals surface area contributed by atoms with Gasteiger partial charge in [-0.25, -0.2) is 0 Å². The van der Waals surface area contributed by atoms with Crippen LogP contribution in [0.5, 0.6) is 0 Å². The van der Waals surface area contributed by atoms with E-state index in [1.807, 2.05) is 37.3 Å². The largest absolute Gasteiger partial charge is 0.466 e. The van der Waals surface area contributed by atoms with E-state index in [4.69, 9.17) is 9.47 Å². The number of ether oxygens (including phenoxy) is 2. The Morgan fingerprint density at radius 3 is 2.54 bits per heavy atom. The van der Waals surface area contributed by atoms with E-state index >= 15 is 0 Å². The number of hydrogen-bond donors (Lipinski definition) is 2. The Hall–Kier alpha value is -2.45. The van der Waals surface area contributed by atoms with Gasteiger partial charge < -0.3 is 24.8 Å². The second-order valence-electron chi connectivity index (χ2n) is 11.2. The Morgan fingerprint density at radius 2 is 1.89 bits per heavy atom. The number of amides is 2. The summed E-state index contributed by atoms with van der Waals surface area (Å²) in [5.74, 6) is -2.50. The maximum absolute atomic E-state index is 14.3. The number of rotatable bonds is 9. The van der Waals surface area contributed by atoms with Crippen LogP contribution >= 0.6 is 0 Å². The second kappa shape index (κ2) is 10.4. The van der Waals surface area contributed by atoms with Crippen LogP contribution in [-0.2, 0) is 30.3 Å². The number of aliphatic hydroxyl groups is 1. The predicted octanol–water partition coefficient (Wildman–Crippen LogP) is 2.76. The predicted molar refractivity (Wildman–Crippen MR) is 136 cm³/mol. The fourth-order valence-corrected chi connectivity index (χ4v) is 7.60. The fourth-order valence-electron chi connectivity index (χ4n) is 7.60. The molecule has 8 heteroatoms. The van der Waals surface area contributed by atoms with E-state index in [2.05, 4.69) is 5.32 Å². The smallest absolute Gasteiger partial charge is 0.312 e. The van der Waals surface area contributed by atoms with Crippen LogP contribution in [0.25, 0.3) is 0 Å². The quantitative estimate of drug-likeness (QED) is 0.493. The lowest BCUT2D eigenvalue weighted by molar-refractivity contribution is -0.162. The number of benzene rings is 1. The summed E-state index contributed by atoms with van der Waals surface area (Å²) >= 11 is 0. The van der Waals surface area contributed by atoms with Crippen LogP contribution in [0.15, 0.2) is 30.3 Å². The molecule has 1 spiro atoms. The topological polar surface area (TPSA) is 105 Å². The first kappa shape index (κ1) is 26.2. The molecule has 202 valence electrons. The molecule has 1 aliphatic carbocycles. The lowest BCUT2D eigenvalue weighted by Gasteiger charge is -2.38. The van der Waals surface area contributed by atoms with E-state index in [0.29, 0.717) is 25.7 Å². The Morgan fingerprint density at radius 1 is 1.16 bits per heavy atom. The summed E-state index contributed by atoms with van der Waals surface area (Å²) in [5, 5.41) is 13.7. The van der Waals surface area contributed by atoms with Crippen molar-refractivity contribution in [3.63, 3.8) is 0 Å². The minimum absolute atomic E-state index is 0.0648. The zero-order valence-electron chi connectivity index (χ0n) is 22.0. The van der Waals surface area contributed by atoms with Gasteiger partial charge in [-0.2, -0.15) is 0 Å². The number of likely N-dealkylation sites (tertiary alicyclic amines) is 1. The normalized spacial score (nSPS) is 33.9. The molecule has 1 aromatic carbocycles. The maximum Gasteiger partial charge on any atom is 0.312 e. The van der Waals surface area contributed by atoms with Crippen molar-refractivity contribution in [1.82, 2.24) is 10.2 Å². The minimum atomic E-state index is -1.10. The van der Waals surface area contributed by atoms with Crippen molar-refractivity contribution in [1.29, 1.82) is 0 Å². The molecular formula is C29H40N2O6. The number of esters is 1. The fraction of sp³-hybridized carbons (Fsp3) is 0.690. The average molecular weight is 513 g/mol. The number of fused-ring (bicyclic) bond motifs is 1. The van der Waals surface area contributed by atoms with Crippen LogP contribution in [0.2, 0.25) is 0 Å². The first-order chi connectivity index (χ1) is 17.9. The molecule has 2 unspecified atom stereocenters. The van der Waals surface area contributed by atoms with Crippen LogP contribution in [0, 0.1) is 11.8 Å². The number of hydrogen-bond acceptors (Lipinski definition) is 6. The first-order valence-electron chi connectivity index (χ1n) is 14.0. The van der Waals surface area contributed by atoms with Gasteiger partial charge in [0.05, 0.1) is 30.8 Å². The van der Waals surface area contributed by atoms with Gasteiger partial charge in [-0.05, 0) is 51.0 Å². The summed E-state index contributed by atoms with van der Waals surface area (Å²) in [5.41, 5.74) is -0.948. The molecule has 4 fully saturated rings. The Bertz CT molecular complexity index is 1010. The highest BCUT2D eigenvalue weighted by molar-refractivity contribution is 5.98.